The molecule has 0 radical (unpaired) electrons. The Morgan fingerprint density at radius 2 is 1.56 bits per heavy atom. The molecule has 32 heavy (non-hydrogen) atoms. The van der Waals surface area contributed by atoms with Crippen molar-refractivity contribution in [3.8, 4) is 11.5 Å². The Labute approximate surface area is 196 Å². The molecule has 3 rings (SSSR count). The predicted molar refractivity (Wildman–Crippen MR) is 127 cm³/mol. The van der Waals surface area contributed by atoms with Crippen molar-refractivity contribution in [2.24, 2.45) is 10.9 Å². The molecule has 164 valence electrons. The van der Waals surface area contributed by atoms with Crippen molar-refractivity contribution in [1.29, 1.82) is 0 Å². The zero-order valence-electron chi connectivity index (χ0n) is 17.8. The maximum Gasteiger partial charge on any atom is 0.343 e. The van der Waals surface area contributed by atoms with Crippen molar-refractivity contribution >= 4 is 47.0 Å². The molecular weight excluding hydrogens is 449 g/mol. The van der Waals surface area contributed by atoms with Crippen LogP contribution in [0.2, 0.25) is 10.0 Å². The number of esters is 2. The predicted octanol–water partition coefficient (Wildman–Crippen LogP) is 6.83. The van der Waals surface area contributed by atoms with Crippen molar-refractivity contribution in [3.05, 3.63) is 87.4 Å². The van der Waals surface area contributed by atoms with Gasteiger partial charge in [-0.2, -0.15) is 0 Å². The molecule has 7 heteroatoms. The highest BCUT2D eigenvalue weighted by molar-refractivity contribution is 6.31. The van der Waals surface area contributed by atoms with Crippen molar-refractivity contribution in [1.82, 2.24) is 0 Å². The third-order valence-corrected chi connectivity index (χ3v) is 4.86. The van der Waals surface area contributed by atoms with E-state index in [1.165, 1.54) is 12.3 Å². The van der Waals surface area contributed by atoms with Gasteiger partial charge in [0, 0.05) is 27.9 Å². The van der Waals surface area contributed by atoms with E-state index in [1.807, 2.05) is 6.92 Å². The Morgan fingerprint density at radius 1 is 0.906 bits per heavy atom. The highest BCUT2D eigenvalue weighted by Gasteiger charge is 2.21. The fraction of sp³-hybridized carbons (Fsp3) is 0.160. The van der Waals surface area contributed by atoms with Gasteiger partial charge >= 0.3 is 11.9 Å². The summed E-state index contributed by atoms with van der Waals surface area (Å²) in [6.07, 6.45) is 1.49. The first-order valence-corrected chi connectivity index (χ1v) is 10.6. The number of rotatable bonds is 6. The van der Waals surface area contributed by atoms with Crippen LogP contribution >= 0.6 is 23.2 Å². The first-order valence-electron chi connectivity index (χ1n) is 9.86. The molecule has 0 atom stereocenters. The molecule has 3 aromatic carbocycles. The number of hydrogen-bond acceptors (Lipinski definition) is 5. The van der Waals surface area contributed by atoms with E-state index in [0.29, 0.717) is 26.9 Å². The molecule has 0 saturated carbocycles. The second-order valence-corrected chi connectivity index (χ2v) is 8.26. The van der Waals surface area contributed by atoms with Crippen molar-refractivity contribution in [2.45, 2.75) is 20.8 Å². The summed E-state index contributed by atoms with van der Waals surface area (Å²) < 4.78 is 11.1. The molecule has 0 amide bonds. The molecule has 0 heterocycles. The molecule has 0 bridgehead atoms. The third-order valence-electron chi connectivity index (χ3n) is 4.39. The van der Waals surface area contributed by atoms with E-state index < -0.39 is 17.9 Å². The standard InChI is InChI=1S/C25H21Cl2NO4/c1-15(2)24(29)32-23-18(14-28-21-10-8-19(26)9-11-21)12-20(27)13-22(23)31-25(30)17-6-4-16(3)5-7-17/h4-15H,1-3H3. The van der Waals surface area contributed by atoms with Crippen LogP contribution in [0.3, 0.4) is 0 Å². The Bertz CT molecular complexity index is 1150. The van der Waals surface area contributed by atoms with Crippen LogP contribution in [0.5, 0.6) is 11.5 Å². The highest BCUT2D eigenvalue weighted by atomic mass is 35.5. The van der Waals surface area contributed by atoms with Gasteiger partial charge in [0.25, 0.3) is 0 Å². The highest BCUT2D eigenvalue weighted by Crippen LogP contribution is 2.36. The average molecular weight is 470 g/mol. The molecule has 0 aliphatic rings. The topological polar surface area (TPSA) is 65.0 Å². The summed E-state index contributed by atoms with van der Waals surface area (Å²) in [5.41, 5.74) is 2.38. The largest absolute Gasteiger partial charge is 0.422 e. The maximum absolute atomic E-state index is 12.7. The molecule has 0 aromatic heterocycles. The first kappa shape index (κ1) is 23.5. The summed E-state index contributed by atoms with van der Waals surface area (Å²) in [4.78, 5) is 29.4. The van der Waals surface area contributed by atoms with Gasteiger partial charge < -0.3 is 9.47 Å². The van der Waals surface area contributed by atoms with E-state index in [-0.39, 0.29) is 11.5 Å². The summed E-state index contributed by atoms with van der Waals surface area (Å²) in [7, 11) is 0. The van der Waals surface area contributed by atoms with Gasteiger partial charge in [-0.05, 0) is 49.4 Å². The van der Waals surface area contributed by atoms with Crippen LogP contribution in [-0.4, -0.2) is 18.2 Å². The summed E-state index contributed by atoms with van der Waals surface area (Å²) in [5.74, 6) is -1.40. The Kier molecular flexibility index (Phi) is 7.67. The van der Waals surface area contributed by atoms with Gasteiger partial charge in [0.1, 0.15) is 0 Å². The van der Waals surface area contributed by atoms with Gasteiger partial charge in [0.15, 0.2) is 11.5 Å². The number of aliphatic imine (C=N–C) groups is 1. The fourth-order valence-electron chi connectivity index (χ4n) is 2.61. The SMILES string of the molecule is Cc1ccc(C(=O)Oc2cc(Cl)cc(C=Nc3ccc(Cl)cc3)c2OC(=O)C(C)C)cc1. The zero-order valence-corrected chi connectivity index (χ0v) is 19.3. The fourth-order valence-corrected chi connectivity index (χ4v) is 2.95. The van der Waals surface area contributed by atoms with Gasteiger partial charge in [-0.1, -0.05) is 54.7 Å². The van der Waals surface area contributed by atoms with E-state index in [9.17, 15) is 9.59 Å². The Morgan fingerprint density at radius 3 is 2.19 bits per heavy atom. The first-order chi connectivity index (χ1) is 15.2. The minimum atomic E-state index is -0.602. The van der Waals surface area contributed by atoms with Crippen molar-refractivity contribution in [2.75, 3.05) is 0 Å². The van der Waals surface area contributed by atoms with E-state index in [0.717, 1.165) is 5.56 Å². The van der Waals surface area contributed by atoms with Crippen LogP contribution in [0.25, 0.3) is 0 Å². The van der Waals surface area contributed by atoms with E-state index in [2.05, 4.69) is 4.99 Å². The molecule has 0 aliphatic heterocycles. The monoisotopic (exact) mass is 469 g/mol. The molecule has 0 fully saturated rings. The minimum absolute atomic E-state index is 0.0228. The molecule has 0 spiro atoms. The number of ether oxygens (including phenoxy) is 2. The summed E-state index contributed by atoms with van der Waals surface area (Å²) in [6.45, 7) is 5.33. The van der Waals surface area contributed by atoms with Crippen LogP contribution < -0.4 is 9.47 Å². The van der Waals surface area contributed by atoms with Crippen LogP contribution in [0, 0.1) is 12.8 Å². The molecule has 0 aliphatic carbocycles. The van der Waals surface area contributed by atoms with E-state index >= 15 is 0 Å². The van der Waals surface area contributed by atoms with Gasteiger partial charge in [-0.15, -0.1) is 0 Å². The number of halogens is 2. The van der Waals surface area contributed by atoms with Crippen molar-refractivity contribution < 1.29 is 19.1 Å². The average Bonchev–Trinajstić information content (AvgIpc) is 2.75. The lowest BCUT2D eigenvalue weighted by Crippen LogP contribution is -2.17. The molecule has 0 unspecified atom stereocenters. The Hall–Kier alpha value is -3.15. The molecule has 3 aromatic rings. The summed E-state index contributed by atoms with van der Waals surface area (Å²) in [6, 6.07) is 16.8. The van der Waals surface area contributed by atoms with E-state index in [4.69, 9.17) is 32.7 Å². The smallest absolute Gasteiger partial charge is 0.343 e. The molecular formula is C25H21Cl2NO4. The van der Waals surface area contributed by atoms with Crippen LogP contribution in [-0.2, 0) is 4.79 Å². The maximum atomic E-state index is 12.7. The Balaban J connectivity index is 2.00. The zero-order chi connectivity index (χ0) is 23.3. The molecule has 0 saturated heterocycles. The number of carbonyl (C=O) groups excluding carboxylic acids is 2. The van der Waals surface area contributed by atoms with Crippen LogP contribution in [0.1, 0.15) is 35.3 Å². The number of benzene rings is 3. The summed E-state index contributed by atoms with van der Waals surface area (Å²) in [5, 5.41) is 0.877. The lowest BCUT2D eigenvalue weighted by molar-refractivity contribution is -0.137. The molecule has 0 N–H and O–H groups in total. The normalized spacial score (nSPS) is 11.1. The van der Waals surface area contributed by atoms with Gasteiger partial charge in [-0.3, -0.25) is 9.79 Å². The van der Waals surface area contributed by atoms with Gasteiger partial charge in [0.05, 0.1) is 17.2 Å². The van der Waals surface area contributed by atoms with Crippen molar-refractivity contribution in [3.63, 3.8) is 0 Å². The van der Waals surface area contributed by atoms with Gasteiger partial charge in [-0.25, -0.2) is 4.79 Å². The summed E-state index contributed by atoms with van der Waals surface area (Å²) >= 11 is 12.2. The third kappa shape index (κ3) is 6.19. The quantitative estimate of drug-likeness (QED) is 0.225. The second kappa shape index (κ2) is 10.4. The lowest BCUT2D eigenvalue weighted by atomic mass is 10.1. The second-order valence-electron chi connectivity index (χ2n) is 7.39. The minimum Gasteiger partial charge on any atom is -0.422 e. The van der Waals surface area contributed by atoms with Crippen LogP contribution in [0.4, 0.5) is 5.69 Å². The lowest BCUT2D eigenvalue weighted by Gasteiger charge is -2.15. The van der Waals surface area contributed by atoms with Crippen LogP contribution in [0.15, 0.2) is 65.7 Å². The van der Waals surface area contributed by atoms with E-state index in [1.54, 1.807) is 68.4 Å². The van der Waals surface area contributed by atoms with Gasteiger partial charge in [0.2, 0.25) is 0 Å². The number of carbonyl (C=O) groups is 2. The number of nitrogens with zero attached hydrogens (tertiary/aromatic N) is 1. The molecule has 5 nitrogen and oxygen atoms in total. The number of aryl methyl sites for hydroxylation is 1. The number of hydrogen-bond donors (Lipinski definition) is 0.